The SMILES string of the molecule is COCCNCCCCN1CCCC1C(C)C. The molecule has 0 aliphatic carbocycles. The predicted molar refractivity (Wildman–Crippen MR) is 73.4 cm³/mol. The van der Waals surface area contributed by atoms with E-state index in [0.29, 0.717) is 0 Å². The Kier molecular flexibility index (Phi) is 7.82. The van der Waals surface area contributed by atoms with Crippen LogP contribution in [-0.2, 0) is 4.74 Å². The Bertz CT molecular complexity index is 185. The van der Waals surface area contributed by atoms with E-state index in [2.05, 4.69) is 24.1 Å². The maximum absolute atomic E-state index is 5.00. The maximum atomic E-state index is 5.00. The van der Waals surface area contributed by atoms with E-state index < -0.39 is 0 Å². The molecule has 1 N–H and O–H groups in total. The standard InChI is InChI=1S/C14H30N2O/c1-13(2)14-7-6-11-16(14)10-5-4-8-15-9-12-17-3/h13-15H,4-12H2,1-3H3. The van der Waals surface area contributed by atoms with Crippen LogP contribution in [0.25, 0.3) is 0 Å². The Labute approximate surface area is 107 Å². The van der Waals surface area contributed by atoms with Crippen molar-refractivity contribution in [1.29, 1.82) is 0 Å². The summed E-state index contributed by atoms with van der Waals surface area (Å²) < 4.78 is 5.00. The third kappa shape index (κ3) is 5.84. The molecule has 3 nitrogen and oxygen atoms in total. The molecule has 1 aliphatic heterocycles. The summed E-state index contributed by atoms with van der Waals surface area (Å²) in [5.41, 5.74) is 0. The van der Waals surface area contributed by atoms with Crippen LogP contribution in [0.15, 0.2) is 0 Å². The maximum Gasteiger partial charge on any atom is 0.0587 e. The molecule has 1 rings (SSSR count). The van der Waals surface area contributed by atoms with Crippen molar-refractivity contribution in [2.24, 2.45) is 5.92 Å². The highest BCUT2D eigenvalue weighted by Crippen LogP contribution is 2.23. The molecule has 1 atom stereocenters. The van der Waals surface area contributed by atoms with Crippen LogP contribution < -0.4 is 5.32 Å². The van der Waals surface area contributed by atoms with Crippen molar-refractivity contribution in [3.8, 4) is 0 Å². The van der Waals surface area contributed by atoms with Gasteiger partial charge in [0, 0.05) is 19.7 Å². The van der Waals surface area contributed by atoms with Gasteiger partial charge in [-0.2, -0.15) is 0 Å². The second kappa shape index (κ2) is 8.90. The first-order valence-corrected chi connectivity index (χ1v) is 7.19. The number of hydrogen-bond donors (Lipinski definition) is 1. The highest BCUT2D eigenvalue weighted by molar-refractivity contribution is 4.81. The number of hydrogen-bond acceptors (Lipinski definition) is 3. The minimum atomic E-state index is 0.817. The minimum Gasteiger partial charge on any atom is -0.383 e. The van der Waals surface area contributed by atoms with Gasteiger partial charge in [-0.25, -0.2) is 0 Å². The molecule has 1 unspecified atom stereocenters. The van der Waals surface area contributed by atoms with E-state index in [9.17, 15) is 0 Å². The van der Waals surface area contributed by atoms with E-state index in [4.69, 9.17) is 4.74 Å². The monoisotopic (exact) mass is 242 g/mol. The van der Waals surface area contributed by atoms with Gasteiger partial charge >= 0.3 is 0 Å². The lowest BCUT2D eigenvalue weighted by molar-refractivity contribution is 0.196. The van der Waals surface area contributed by atoms with E-state index in [-0.39, 0.29) is 0 Å². The fraction of sp³-hybridized carbons (Fsp3) is 1.00. The topological polar surface area (TPSA) is 24.5 Å². The largest absolute Gasteiger partial charge is 0.383 e. The van der Waals surface area contributed by atoms with Gasteiger partial charge in [0.25, 0.3) is 0 Å². The minimum absolute atomic E-state index is 0.817. The Hall–Kier alpha value is -0.120. The quantitative estimate of drug-likeness (QED) is 0.627. The molecule has 3 heteroatoms. The van der Waals surface area contributed by atoms with Gasteiger partial charge in [0.15, 0.2) is 0 Å². The number of ether oxygens (including phenoxy) is 1. The molecule has 102 valence electrons. The lowest BCUT2D eigenvalue weighted by atomic mass is 10.0. The zero-order chi connectivity index (χ0) is 12.5. The van der Waals surface area contributed by atoms with Crippen LogP contribution in [0.5, 0.6) is 0 Å². The molecule has 1 saturated heterocycles. The number of unbranched alkanes of at least 4 members (excludes halogenated alkanes) is 1. The van der Waals surface area contributed by atoms with Crippen LogP contribution >= 0.6 is 0 Å². The number of rotatable bonds is 9. The van der Waals surface area contributed by atoms with E-state index in [1.54, 1.807) is 7.11 Å². The van der Waals surface area contributed by atoms with Crippen LogP contribution in [-0.4, -0.2) is 50.8 Å². The van der Waals surface area contributed by atoms with Crippen molar-refractivity contribution in [3.63, 3.8) is 0 Å². The fourth-order valence-corrected chi connectivity index (χ4v) is 2.75. The predicted octanol–water partition coefficient (Wildman–Crippen LogP) is 2.12. The number of nitrogens with one attached hydrogen (secondary N) is 1. The summed E-state index contributed by atoms with van der Waals surface area (Å²) in [4.78, 5) is 2.69. The molecule has 0 radical (unpaired) electrons. The molecular formula is C14H30N2O. The molecule has 1 fully saturated rings. The second-order valence-corrected chi connectivity index (χ2v) is 5.44. The fourth-order valence-electron chi connectivity index (χ4n) is 2.75. The highest BCUT2D eigenvalue weighted by Gasteiger charge is 2.25. The van der Waals surface area contributed by atoms with Gasteiger partial charge in [-0.15, -0.1) is 0 Å². The average molecular weight is 242 g/mol. The number of nitrogens with zero attached hydrogens (tertiary/aromatic N) is 1. The Morgan fingerprint density at radius 3 is 2.82 bits per heavy atom. The molecule has 0 aromatic heterocycles. The number of methoxy groups -OCH3 is 1. The smallest absolute Gasteiger partial charge is 0.0587 e. The summed E-state index contributed by atoms with van der Waals surface area (Å²) in [6, 6.07) is 0.844. The van der Waals surface area contributed by atoms with Gasteiger partial charge < -0.3 is 15.0 Å². The number of likely N-dealkylation sites (tertiary alicyclic amines) is 1. The van der Waals surface area contributed by atoms with Crippen LogP contribution in [0.4, 0.5) is 0 Å². The normalized spacial score (nSPS) is 21.5. The summed E-state index contributed by atoms with van der Waals surface area (Å²) in [5, 5.41) is 3.40. The van der Waals surface area contributed by atoms with E-state index >= 15 is 0 Å². The molecule has 0 amide bonds. The molecule has 0 aromatic rings. The molecule has 17 heavy (non-hydrogen) atoms. The molecule has 1 aliphatic rings. The summed E-state index contributed by atoms with van der Waals surface area (Å²) in [7, 11) is 1.75. The third-order valence-corrected chi connectivity index (χ3v) is 3.72. The van der Waals surface area contributed by atoms with Crippen molar-refractivity contribution in [1.82, 2.24) is 10.2 Å². The van der Waals surface area contributed by atoms with Gasteiger partial charge in [-0.3, -0.25) is 0 Å². The first-order chi connectivity index (χ1) is 8.25. The highest BCUT2D eigenvalue weighted by atomic mass is 16.5. The molecule has 0 bridgehead atoms. The van der Waals surface area contributed by atoms with Crippen LogP contribution in [0.1, 0.15) is 39.5 Å². The molecular weight excluding hydrogens is 212 g/mol. The van der Waals surface area contributed by atoms with E-state index in [1.807, 2.05) is 0 Å². The summed E-state index contributed by atoms with van der Waals surface area (Å²) in [5.74, 6) is 0.817. The second-order valence-electron chi connectivity index (χ2n) is 5.44. The molecule has 1 heterocycles. The van der Waals surface area contributed by atoms with E-state index in [0.717, 1.165) is 31.7 Å². The summed E-state index contributed by atoms with van der Waals surface area (Å²) in [6.07, 6.45) is 5.41. The molecule has 0 spiro atoms. The van der Waals surface area contributed by atoms with Crippen LogP contribution in [0, 0.1) is 5.92 Å². The van der Waals surface area contributed by atoms with Crippen molar-refractivity contribution < 1.29 is 4.74 Å². The summed E-state index contributed by atoms with van der Waals surface area (Å²) in [6.45, 7) is 10.2. The van der Waals surface area contributed by atoms with Gasteiger partial charge in [0.1, 0.15) is 0 Å². The lowest BCUT2D eigenvalue weighted by Crippen LogP contribution is -2.34. The molecule has 0 aromatic carbocycles. The van der Waals surface area contributed by atoms with Gasteiger partial charge in [0.2, 0.25) is 0 Å². The van der Waals surface area contributed by atoms with Crippen molar-refractivity contribution >= 4 is 0 Å². The first-order valence-electron chi connectivity index (χ1n) is 7.19. The van der Waals surface area contributed by atoms with Gasteiger partial charge in [-0.05, 0) is 51.2 Å². The first kappa shape index (κ1) is 14.9. The zero-order valence-corrected chi connectivity index (χ0v) is 11.9. The Morgan fingerprint density at radius 2 is 2.12 bits per heavy atom. The third-order valence-electron chi connectivity index (χ3n) is 3.72. The molecule has 0 saturated carbocycles. The van der Waals surface area contributed by atoms with Gasteiger partial charge in [-0.1, -0.05) is 13.8 Å². The Balaban J connectivity index is 1.98. The van der Waals surface area contributed by atoms with Crippen molar-refractivity contribution in [3.05, 3.63) is 0 Å². The van der Waals surface area contributed by atoms with Gasteiger partial charge in [0.05, 0.1) is 6.61 Å². The van der Waals surface area contributed by atoms with Crippen molar-refractivity contribution in [2.75, 3.05) is 39.9 Å². The zero-order valence-electron chi connectivity index (χ0n) is 11.9. The van der Waals surface area contributed by atoms with Crippen molar-refractivity contribution in [2.45, 2.75) is 45.6 Å². The summed E-state index contributed by atoms with van der Waals surface area (Å²) >= 11 is 0. The lowest BCUT2D eigenvalue weighted by Gasteiger charge is -2.27. The average Bonchev–Trinajstić information content (AvgIpc) is 2.76. The van der Waals surface area contributed by atoms with E-state index in [1.165, 1.54) is 38.8 Å². The van der Waals surface area contributed by atoms with Crippen LogP contribution in [0.2, 0.25) is 0 Å². The van der Waals surface area contributed by atoms with Crippen LogP contribution in [0.3, 0.4) is 0 Å². The Morgan fingerprint density at radius 1 is 1.29 bits per heavy atom.